The van der Waals surface area contributed by atoms with Crippen molar-refractivity contribution in [2.24, 2.45) is 0 Å². The average Bonchev–Trinajstić information content (AvgIpc) is 3.40. The molecule has 0 radical (unpaired) electrons. The van der Waals surface area contributed by atoms with Gasteiger partial charge in [-0.15, -0.1) is 22.7 Å². The Morgan fingerprint density at radius 2 is 1.83 bits per heavy atom. The number of aryl methyl sites for hydroxylation is 1. The topological polar surface area (TPSA) is 26.0 Å². The van der Waals surface area contributed by atoms with Crippen LogP contribution in [0, 0.1) is 6.92 Å². The van der Waals surface area contributed by atoms with Crippen LogP contribution in [0.4, 0.5) is 0 Å². The SMILES string of the molecule is Cc1cc2c(ccc3c2oc2ccnc(-c4cc(C(C)(C)C)c5sccc5c4)c23)s1. The molecule has 148 valence electrons. The van der Waals surface area contributed by atoms with Crippen molar-refractivity contribution in [3.8, 4) is 11.3 Å². The Morgan fingerprint density at radius 1 is 0.967 bits per heavy atom. The van der Waals surface area contributed by atoms with E-state index >= 15 is 0 Å². The third-order valence-corrected chi connectivity index (χ3v) is 7.78. The second kappa shape index (κ2) is 6.16. The summed E-state index contributed by atoms with van der Waals surface area (Å²) in [4.78, 5) is 6.15. The van der Waals surface area contributed by atoms with Crippen LogP contribution >= 0.6 is 22.7 Å². The van der Waals surface area contributed by atoms with Crippen molar-refractivity contribution in [3.63, 3.8) is 0 Å². The van der Waals surface area contributed by atoms with Crippen LogP contribution in [0.1, 0.15) is 31.2 Å². The maximum atomic E-state index is 6.38. The number of pyridine rings is 1. The summed E-state index contributed by atoms with van der Waals surface area (Å²) in [5.74, 6) is 0. The van der Waals surface area contributed by atoms with Crippen molar-refractivity contribution in [2.75, 3.05) is 0 Å². The van der Waals surface area contributed by atoms with Gasteiger partial charge in [-0.05, 0) is 71.1 Å². The third kappa shape index (κ3) is 2.57. The van der Waals surface area contributed by atoms with Crippen molar-refractivity contribution in [1.82, 2.24) is 4.98 Å². The second-order valence-corrected chi connectivity index (χ2v) is 11.2. The number of fused-ring (bicyclic) bond motifs is 6. The summed E-state index contributed by atoms with van der Waals surface area (Å²) >= 11 is 3.63. The first-order valence-corrected chi connectivity index (χ1v) is 11.8. The predicted octanol–water partition coefficient (Wildman–Crippen LogP) is 8.68. The quantitative estimate of drug-likeness (QED) is 0.262. The lowest BCUT2D eigenvalue weighted by Gasteiger charge is -2.21. The molecule has 6 rings (SSSR count). The minimum atomic E-state index is 0.0614. The molecule has 0 saturated heterocycles. The lowest BCUT2D eigenvalue weighted by Crippen LogP contribution is -2.11. The Kier molecular flexibility index (Phi) is 3.72. The normalized spacial score (nSPS) is 12.7. The Hall–Kier alpha value is -2.69. The van der Waals surface area contributed by atoms with E-state index in [9.17, 15) is 0 Å². The van der Waals surface area contributed by atoms with Crippen LogP contribution in [0.25, 0.3) is 53.4 Å². The first-order chi connectivity index (χ1) is 14.4. The van der Waals surface area contributed by atoms with Gasteiger partial charge in [0.1, 0.15) is 11.2 Å². The third-order valence-electron chi connectivity index (χ3n) is 5.80. The molecule has 0 aliphatic heterocycles. The number of nitrogens with zero attached hydrogens (tertiary/aromatic N) is 1. The van der Waals surface area contributed by atoms with Crippen molar-refractivity contribution in [2.45, 2.75) is 33.1 Å². The van der Waals surface area contributed by atoms with Gasteiger partial charge in [0.2, 0.25) is 0 Å². The van der Waals surface area contributed by atoms with Gasteiger partial charge < -0.3 is 4.42 Å². The summed E-state index contributed by atoms with van der Waals surface area (Å²) in [6, 6.07) is 15.4. The summed E-state index contributed by atoms with van der Waals surface area (Å²) in [5.41, 5.74) is 5.44. The maximum Gasteiger partial charge on any atom is 0.144 e. The van der Waals surface area contributed by atoms with Gasteiger partial charge in [-0.3, -0.25) is 4.98 Å². The van der Waals surface area contributed by atoms with Crippen molar-refractivity contribution >= 4 is 64.8 Å². The number of furan rings is 1. The van der Waals surface area contributed by atoms with Crippen LogP contribution in [0.5, 0.6) is 0 Å². The van der Waals surface area contributed by atoms with E-state index < -0.39 is 0 Å². The average molecular weight is 428 g/mol. The number of aromatic nitrogens is 1. The zero-order valence-electron chi connectivity index (χ0n) is 17.4. The molecule has 0 bridgehead atoms. The van der Waals surface area contributed by atoms with Gasteiger partial charge in [0.05, 0.1) is 11.1 Å². The minimum absolute atomic E-state index is 0.0614. The molecule has 0 aliphatic rings. The molecule has 0 aliphatic carbocycles. The van der Waals surface area contributed by atoms with E-state index in [1.54, 1.807) is 0 Å². The van der Waals surface area contributed by atoms with Crippen LogP contribution in [0.3, 0.4) is 0 Å². The van der Waals surface area contributed by atoms with E-state index in [1.165, 1.54) is 30.6 Å². The summed E-state index contributed by atoms with van der Waals surface area (Å²) < 4.78 is 9.01. The molecule has 2 nitrogen and oxygen atoms in total. The Bertz CT molecular complexity index is 1590. The zero-order chi connectivity index (χ0) is 20.6. The molecule has 0 saturated carbocycles. The lowest BCUT2D eigenvalue weighted by atomic mass is 9.85. The van der Waals surface area contributed by atoms with Gasteiger partial charge in [-0.2, -0.15) is 0 Å². The van der Waals surface area contributed by atoms with Crippen molar-refractivity contribution in [3.05, 3.63) is 64.5 Å². The predicted molar refractivity (Wildman–Crippen MR) is 131 cm³/mol. The number of thiophene rings is 2. The van der Waals surface area contributed by atoms with Crippen LogP contribution in [-0.2, 0) is 5.41 Å². The number of rotatable bonds is 1. The first kappa shape index (κ1) is 18.1. The van der Waals surface area contributed by atoms with Gasteiger partial charge in [0, 0.05) is 36.8 Å². The molecule has 4 heteroatoms. The first-order valence-electron chi connectivity index (χ1n) is 10.1. The molecule has 0 fully saturated rings. The van der Waals surface area contributed by atoms with Gasteiger partial charge in [0.15, 0.2) is 0 Å². The van der Waals surface area contributed by atoms with E-state index in [1.807, 2.05) is 34.9 Å². The maximum absolute atomic E-state index is 6.38. The molecule has 0 N–H and O–H groups in total. The van der Waals surface area contributed by atoms with Gasteiger partial charge in [0.25, 0.3) is 0 Å². The minimum Gasteiger partial charge on any atom is -0.455 e. The summed E-state index contributed by atoms with van der Waals surface area (Å²) in [6.07, 6.45) is 1.87. The highest BCUT2D eigenvalue weighted by Crippen LogP contribution is 2.42. The molecular formula is C26H21NOS2. The largest absolute Gasteiger partial charge is 0.455 e. The number of hydrogen-bond donors (Lipinski definition) is 0. The van der Waals surface area contributed by atoms with Crippen LogP contribution in [0.2, 0.25) is 0 Å². The molecule has 6 aromatic rings. The molecule has 0 atom stereocenters. The molecule has 0 amide bonds. The van der Waals surface area contributed by atoms with E-state index in [2.05, 4.69) is 69.5 Å². The summed E-state index contributed by atoms with van der Waals surface area (Å²) in [7, 11) is 0. The molecule has 0 unspecified atom stereocenters. The molecule has 4 heterocycles. The standard InChI is InChI=1S/C26H21NOS2/c1-14-11-18-21(30-14)6-5-17-22-20(28-24(17)18)7-9-27-23(22)16-12-15-8-10-29-25(15)19(13-16)26(2,3)4/h5-13H,1-4H3. The molecule has 4 aromatic heterocycles. The second-order valence-electron chi connectivity index (χ2n) is 8.96. The fourth-order valence-corrected chi connectivity index (χ4v) is 6.44. The number of benzene rings is 2. The van der Waals surface area contributed by atoms with Crippen molar-refractivity contribution in [1.29, 1.82) is 0 Å². The molecule has 30 heavy (non-hydrogen) atoms. The van der Waals surface area contributed by atoms with Crippen LogP contribution < -0.4 is 0 Å². The Morgan fingerprint density at radius 3 is 2.67 bits per heavy atom. The molecular weight excluding hydrogens is 406 g/mol. The Balaban J connectivity index is 1.72. The summed E-state index contributed by atoms with van der Waals surface area (Å²) in [5, 5.41) is 6.90. The highest BCUT2D eigenvalue weighted by molar-refractivity contribution is 7.19. The summed E-state index contributed by atoms with van der Waals surface area (Å²) in [6.45, 7) is 8.99. The highest BCUT2D eigenvalue weighted by atomic mass is 32.1. The monoisotopic (exact) mass is 427 g/mol. The van der Waals surface area contributed by atoms with E-state index in [0.717, 1.165) is 33.2 Å². The van der Waals surface area contributed by atoms with Crippen LogP contribution in [0.15, 0.2) is 58.5 Å². The smallest absolute Gasteiger partial charge is 0.144 e. The van der Waals surface area contributed by atoms with Crippen LogP contribution in [-0.4, -0.2) is 4.98 Å². The van der Waals surface area contributed by atoms with Crippen molar-refractivity contribution < 1.29 is 4.42 Å². The number of hydrogen-bond acceptors (Lipinski definition) is 4. The molecule has 0 spiro atoms. The lowest BCUT2D eigenvalue weighted by molar-refractivity contribution is 0.597. The van der Waals surface area contributed by atoms with E-state index in [-0.39, 0.29) is 5.41 Å². The highest BCUT2D eigenvalue weighted by Gasteiger charge is 2.22. The fraction of sp³-hybridized carbons (Fsp3) is 0.192. The molecule has 2 aromatic carbocycles. The van der Waals surface area contributed by atoms with Gasteiger partial charge in [-0.1, -0.05) is 20.8 Å². The van der Waals surface area contributed by atoms with Gasteiger partial charge >= 0.3 is 0 Å². The fourth-order valence-electron chi connectivity index (χ4n) is 4.41. The Labute approximate surface area is 182 Å². The van der Waals surface area contributed by atoms with E-state index in [0.29, 0.717) is 0 Å². The van der Waals surface area contributed by atoms with E-state index in [4.69, 9.17) is 9.40 Å². The zero-order valence-corrected chi connectivity index (χ0v) is 19.0. The van der Waals surface area contributed by atoms with Gasteiger partial charge in [-0.25, -0.2) is 0 Å².